The molecule has 0 aliphatic rings. The summed E-state index contributed by atoms with van der Waals surface area (Å²) in [5.41, 5.74) is 3.70. The highest BCUT2D eigenvalue weighted by molar-refractivity contribution is 9.10. The normalized spacial score (nSPS) is 11.0. The second kappa shape index (κ2) is 12.2. The summed E-state index contributed by atoms with van der Waals surface area (Å²) in [5, 5.41) is 4.66. The second-order valence-electron chi connectivity index (χ2n) is 6.50. The summed E-state index contributed by atoms with van der Waals surface area (Å²) in [4.78, 5) is 24.2. The Morgan fingerprint density at radius 2 is 1.76 bits per heavy atom. The van der Waals surface area contributed by atoms with E-state index in [2.05, 4.69) is 26.5 Å². The molecule has 3 aromatic rings. The van der Waals surface area contributed by atoms with Crippen LogP contribution in [0.1, 0.15) is 11.1 Å². The fourth-order valence-corrected chi connectivity index (χ4v) is 3.37. The van der Waals surface area contributed by atoms with Crippen molar-refractivity contribution in [2.24, 2.45) is 5.10 Å². The van der Waals surface area contributed by atoms with Crippen LogP contribution in [-0.4, -0.2) is 24.7 Å². The minimum absolute atomic E-state index is 0.281. The Balaban J connectivity index is 1.58. The Morgan fingerprint density at radius 1 is 1.00 bits per heavy atom. The molecule has 0 aliphatic carbocycles. The molecule has 0 radical (unpaired) electrons. The molecule has 6 nitrogen and oxygen atoms in total. The van der Waals surface area contributed by atoms with E-state index in [-0.39, 0.29) is 12.4 Å². The zero-order chi connectivity index (χ0) is 23.6. The van der Waals surface area contributed by atoms with Gasteiger partial charge in [-0.05, 0) is 48.0 Å². The Bertz CT molecular complexity index is 1200. The highest BCUT2D eigenvalue weighted by atomic mass is 79.9. The average molecular weight is 548 g/mol. The molecule has 0 aliphatic heterocycles. The van der Waals surface area contributed by atoms with Crippen molar-refractivity contribution in [3.8, 4) is 11.5 Å². The molecule has 0 fully saturated rings. The van der Waals surface area contributed by atoms with E-state index >= 15 is 0 Å². The lowest BCUT2D eigenvalue weighted by Gasteiger charge is -2.08. The third-order valence-corrected chi connectivity index (χ3v) is 5.06. The highest BCUT2D eigenvalue weighted by Gasteiger charge is 2.08. The molecular formula is C24H17BrCl2N2O4. The van der Waals surface area contributed by atoms with Crippen molar-refractivity contribution >= 4 is 63.3 Å². The second-order valence-corrected chi connectivity index (χ2v) is 8.26. The van der Waals surface area contributed by atoms with Crippen LogP contribution >= 0.6 is 39.1 Å². The first kappa shape index (κ1) is 24.5. The number of nitrogens with one attached hydrogen (secondary N) is 1. The maximum absolute atomic E-state index is 12.2. The van der Waals surface area contributed by atoms with Gasteiger partial charge in [-0.2, -0.15) is 5.10 Å². The van der Waals surface area contributed by atoms with E-state index in [0.29, 0.717) is 21.4 Å². The number of hydrazone groups is 1. The summed E-state index contributed by atoms with van der Waals surface area (Å²) < 4.78 is 11.5. The molecule has 3 rings (SSSR count). The maximum Gasteiger partial charge on any atom is 0.336 e. The molecule has 0 aromatic heterocycles. The number of hydrogen-bond donors (Lipinski definition) is 1. The summed E-state index contributed by atoms with van der Waals surface area (Å²) >= 11 is 15.2. The number of esters is 1. The summed E-state index contributed by atoms with van der Waals surface area (Å²) in [7, 11) is 0. The van der Waals surface area contributed by atoms with Crippen LogP contribution < -0.4 is 14.9 Å². The monoisotopic (exact) mass is 546 g/mol. The van der Waals surface area contributed by atoms with Crippen LogP contribution in [-0.2, 0) is 9.59 Å². The van der Waals surface area contributed by atoms with Crippen molar-refractivity contribution in [1.82, 2.24) is 5.43 Å². The lowest BCUT2D eigenvalue weighted by atomic mass is 10.2. The number of nitrogens with zero attached hydrogens (tertiary/aromatic N) is 1. The fraction of sp³-hybridized carbons (Fsp3) is 0.0417. The molecular weight excluding hydrogens is 531 g/mol. The highest BCUT2D eigenvalue weighted by Crippen LogP contribution is 2.27. The predicted molar refractivity (Wildman–Crippen MR) is 133 cm³/mol. The van der Waals surface area contributed by atoms with Crippen LogP contribution in [0, 0.1) is 0 Å². The predicted octanol–water partition coefficient (Wildman–Crippen LogP) is 5.90. The van der Waals surface area contributed by atoms with Crippen molar-refractivity contribution < 1.29 is 19.1 Å². The molecule has 9 heteroatoms. The SMILES string of the molecule is O=C(COc1ccc(Cl)cc1Cl)NN=Cc1cc(Br)ccc1OC(=O)C=Cc1ccccc1. The third kappa shape index (κ3) is 8.05. The van der Waals surface area contributed by atoms with E-state index in [4.69, 9.17) is 32.7 Å². The maximum atomic E-state index is 12.2. The van der Waals surface area contributed by atoms with Crippen LogP contribution in [0.15, 0.2) is 82.4 Å². The number of carbonyl (C=O) groups excluding carboxylic acids is 2. The zero-order valence-electron chi connectivity index (χ0n) is 17.0. The Labute approximate surface area is 208 Å². The molecule has 0 atom stereocenters. The topological polar surface area (TPSA) is 77.0 Å². The van der Waals surface area contributed by atoms with Gasteiger partial charge in [0, 0.05) is 21.1 Å². The molecule has 0 spiro atoms. The molecule has 0 heterocycles. The van der Waals surface area contributed by atoms with Crippen LogP contribution in [0.2, 0.25) is 10.0 Å². The molecule has 33 heavy (non-hydrogen) atoms. The van der Waals surface area contributed by atoms with Gasteiger partial charge in [-0.15, -0.1) is 0 Å². The van der Waals surface area contributed by atoms with Gasteiger partial charge < -0.3 is 9.47 Å². The van der Waals surface area contributed by atoms with Crippen LogP contribution in [0.5, 0.6) is 11.5 Å². The fourth-order valence-electron chi connectivity index (χ4n) is 2.53. The van der Waals surface area contributed by atoms with Crippen LogP contribution in [0.25, 0.3) is 6.08 Å². The first-order chi connectivity index (χ1) is 15.9. The minimum atomic E-state index is -0.548. The van der Waals surface area contributed by atoms with Crippen molar-refractivity contribution in [2.45, 2.75) is 0 Å². The third-order valence-electron chi connectivity index (χ3n) is 4.04. The summed E-state index contributed by atoms with van der Waals surface area (Å²) in [6.45, 7) is -0.302. The largest absolute Gasteiger partial charge is 0.482 e. The lowest BCUT2D eigenvalue weighted by molar-refractivity contribution is -0.129. The molecule has 0 saturated heterocycles. The van der Waals surface area contributed by atoms with Gasteiger partial charge in [-0.1, -0.05) is 69.5 Å². The molecule has 0 saturated carbocycles. The molecule has 0 unspecified atom stereocenters. The Hall–Kier alpha value is -3.13. The number of hydrogen-bond acceptors (Lipinski definition) is 5. The van der Waals surface area contributed by atoms with Crippen LogP contribution in [0.3, 0.4) is 0 Å². The van der Waals surface area contributed by atoms with Crippen molar-refractivity contribution in [2.75, 3.05) is 6.61 Å². The first-order valence-electron chi connectivity index (χ1n) is 9.55. The van der Waals surface area contributed by atoms with Gasteiger partial charge in [-0.25, -0.2) is 10.2 Å². The Morgan fingerprint density at radius 3 is 2.52 bits per heavy atom. The number of rotatable bonds is 8. The van der Waals surface area contributed by atoms with Crippen LogP contribution in [0.4, 0.5) is 0 Å². The number of carbonyl (C=O) groups is 2. The molecule has 168 valence electrons. The van der Waals surface area contributed by atoms with E-state index < -0.39 is 11.9 Å². The van der Waals surface area contributed by atoms with Gasteiger partial charge in [0.1, 0.15) is 11.5 Å². The smallest absolute Gasteiger partial charge is 0.336 e. The first-order valence-corrected chi connectivity index (χ1v) is 11.1. The van der Waals surface area contributed by atoms with Crippen molar-refractivity contribution in [3.63, 3.8) is 0 Å². The standard InChI is InChI=1S/C24H17BrCl2N2O4/c25-18-7-9-21(33-24(31)11-6-16-4-2-1-3-5-16)17(12-18)14-28-29-23(30)15-32-22-10-8-19(26)13-20(22)27/h1-14H,15H2,(H,29,30). The van der Waals surface area contributed by atoms with E-state index in [9.17, 15) is 9.59 Å². The molecule has 1 N–H and O–H groups in total. The number of halogens is 3. The summed E-state index contributed by atoms with van der Waals surface area (Å²) in [5.74, 6) is -0.447. The van der Waals surface area contributed by atoms with Gasteiger partial charge in [-0.3, -0.25) is 4.79 Å². The van der Waals surface area contributed by atoms with Gasteiger partial charge in [0.05, 0.1) is 11.2 Å². The van der Waals surface area contributed by atoms with Gasteiger partial charge in [0.25, 0.3) is 5.91 Å². The molecule has 0 bridgehead atoms. The van der Waals surface area contributed by atoms with E-state index in [0.717, 1.165) is 10.0 Å². The number of benzene rings is 3. The Kier molecular flexibility index (Phi) is 9.06. The van der Waals surface area contributed by atoms with Gasteiger partial charge in [0.15, 0.2) is 6.61 Å². The lowest BCUT2D eigenvalue weighted by Crippen LogP contribution is -2.24. The summed E-state index contributed by atoms with van der Waals surface area (Å²) in [6.07, 6.45) is 4.35. The van der Waals surface area contributed by atoms with Gasteiger partial charge >= 0.3 is 5.97 Å². The summed E-state index contributed by atoms with van der Waals surface area (Å²) in [6, 6.07) is 19.1. The molecule has 3 aromatic carbocycles. The number of amides is 1. The van der Waals surface area contributed by atoms with Gasteiger partial charge in [0.2, 0.25) is 0 Å². The average Bonchev–Trinajstić information content (AvgIpc) is 2.79. The van der Waals surface area contributed by atoms with E-state index in [1.165, 1.54) is 18.4 Å². The molecule has 1 amide bonds. The zero-order valence-corrected chi connectivity index (χ0v) is 20.1. The minimum Gasteiger partial charge on any atom is -0.482 e. The quantitative estimate of drug-likeness (QED) is 0.125. The van der Waals surface area contributed by atoms with E-state index in [1.807, 2.05) is 30.3 Å². The number of ether oxygens (including phenoxy) is 2. The van der Waals surface area contributed by atoms with Crippen molar-refractivity contribution in [3.05, 3.63) is 98.5 Å². The van der Waals surface area contributed by atoms with Crippen molar-refractivity contribution in [1.29, 1.82) is 0 Å². The van der Waals surface area contributed by atoms with E-state index in [1.54, 1.807) is 36.4 Å².